The predicted molar refractivity (Wildman–Crippen MR) is 58.9 cm³/mol. The van der Waals surface area contributed by atoms with Crippen LogP contribution in [0.15, 0.2) is 30.3 Å². The minimum Gasteiger partial charge on any atom is -0.450 e. The van der Waals surface area contributed by atoms with Crippen molar-refractivity contribution in [3.8, 4) is 0 Å². The number of fused-ring (bicyclic) bond motifs is 1. The number of H-pyrrole nitrogens is 1. The topological polar surface area (TPSA) is 54.1 Å². The summed E-state index contributed by atoms with van der Waals surface area (Å²) in [6.45, 7) is 2.14. The lowest BCUT2D eigenvalue weighted by Gasteiger charge is -2.01. The Balaban J connectivity index is 2.18. The van der Waals surface area contributed by atoms with Crippen molar-refractivity contribution in [1.29, 1.82) is 0 Å². The van der Waals surface area contributed by atoms with Crippen molar-refractivity contribution < 1.29 is 9.53 Å². The molecule has 0 spiro atoms. The van der Waals surface area contributed by atoms with Crippen LogP contribution in [0.4, 0.5) is 10.6 Å². The molecule has 1 heterocycles. The number of ether oxygens (including phenoxy) is 1. The molecule has 0 unspecified atom stereocenters. The third-order valence-electron chi connectivity index (χ3n) is 2.04. The maximum atomic E-state index is 11.1. The van der Waals surface area contributed by atoms with Gasteiger partial charge in [-0.25, -0.2) is 4.79 Å². The molecular weight excluding hydrogens is 192 g/mol. The first-order valence-corrected chi connectivity index (χ1v) is 4.81. The highest BCUT2D eigenvalue weighted by Gasteiger charge is 2.04. The van der Waals surface area contributed by atoms with Gasteiger partial charge < -0.3 is 9.72 Å². The summed E-state index contributed by atoms with van der Waals surface area (Å²) in [4.78, 5) is 14.2. The molecular formula is C11H12N2O2. The van der Waals surface area contributed by atoms with Crippen LogP contribution in [0.2, 0.25) is 0 Å². The fourth-order valence-electron chi connectivity index (χ4n) is 1.42. The van der Waals surface area contributed by atoms with Crippen LogP contribution < -0.4 is 5.32 Å². The van der Waals surface area contributed by atoms with Gasteiger partial charge >= 0.3 is 6.09 Å². The van der Waals surface area contributed by atoms with E-state index in [2.05, 4.69) is 10.3 Å². The second-order valence-corrected chi connectivity index (χ2v) is 3.12. The fourth-order valence-corrected chi connectivity index (χ4v) is 1.42. The van der Waals surface area contributed by atoms with Gasteiger partial charge in [-0.15, -0.1) is 0 Å². The van der Waals surface area contributed by atoms with Crippen molar-refractivity contribution >= 4 is 22.8 Å². The van der Waals surface area contributed by atoms with Crippen LogP contribution in [0.5, 0.6) is 0 Å². The van der Waals surface area contributed by atoms with Crippen LogP contribution in [0.1, 0.15) is 6.92 Å². The zero-order valence-corrected chi connectivity index (χ0v) is 8.41. The van der Waals surface area contributed by atoms with E-state index in [1.807, 2.05) is 30.3 Å². The van der Waals surface area contributed by atoms with Crippen molar-refractivity contribution in [2.75, 3.05) is 11.9 Å². The van der Waals surface area contributed by atoms with E-state index in [0.717, 1.165) is 10.9 Å². The van der Waals surface area contributed by atoms with E-state index >= 15 is 0 Å². The number of nitrogens with one attached hydrogen (secondary N) is 2. The summed E-state index contributed by atoms with van der Waals surface area (Å²) >= 11 is 0. The van der Waals surface area contributed by atoms with Gasteiger partial charge in [-0.05, 0) is 19.1 Å². The maximum absolute atomic E-state index is 11.1. The Bertz CT molecular complexity index is 443. The van der Waals surface area contributed by atoms with Crippen molar-refractivity contribution in [3.63, 3.8) is 0 Å². The minimum absolute atomic E-state index is 0.367. The summed E-state index contributed by atoms with van der Waals surface area (Å²) in [7, 11) is 0. The lowest BCUT2D eigenvalue weighted by molar-refractivity contribution is 0.168. The average Bonchev–Trinajstić information content (AvgIpc) is 2.59. The molecule has 4 heteroatoms. The SMILES string of the molecule is CCOC(=O)Nc1cc2ccccc2[nH]1. The first-order valence-electron chi connectivity index (χ1n) is 4.81. The number of carbonyl (C=O) groups is 1. The second kappa shape index (κ2) is 4.04. The maximum Gasteiger partial charge on any atom is 0.412 e. The number of para-hydroxylation sites is 1. The lowest BCUT2D eigenvalue weighted by atomic mass is 10.2. The van der Waals surface area contributed by atoms with Gasteiger partial charge in [0.15, 0.2) is 0 Å². The monoisotopic (exact) mass is 204 g/mol. The highest BCUT2D eigenvalue weighted by Crippen LogP contribution is 2.17. The molecule has 0 saturated heterocycles. The smallest absolute Gasteiger partial charge is 0.412 e. The normalized spacial score (nSPS) is 10.2. The Morgan fingerprint density at radius 3 is 3.00 bits per heavy atom. The largest absolute Gasteiger partial charge is 0.450 e. The summed E-state index contributed by atoms with van der Waals surface area (Å²) in [5.41, 5.74) is 0.990. The predicted octanol–water partition coefficient (Wildman–Crippen LogP) is 2.74. The van der Waals surface area contributed by atoms with Gasteiger partial charge in [-0.2, -0.15) is 0 Å². The van der Waals surface area contributed by atoms with Gasteiger partial charge in [0.1, 0.15) is 5.82 Å². The summed E-state index contributed by atoms with van der Waals surface area (Å²) in [6, 6.07) is 9.68. The molecule has 2 N–H and O–H groups in total. The third-order valence-corrected chi connectivity index (χ3v) is 2.04. The first kappa shape index (κ1) is 9.58. The molecule has 0 saturated carbocycles. The van der Waals surface area contributed by atoms with Crippen LogP contribution in [0, 0.1) is 0 Å². The van der Waals surface area contributed by atoms with E-state index in [-0.39, 0.29) is 0 Å². The Morgan fingerprint density at radius 1 is 1.47 bits per heavy atom. The van der Waals surface area contributed by atoms with Crippen molar-refractivity contribution in [2.45, 2.75) is 6.92 Å². The second-order valence-electron chi connectivity index (χ2n) is 3.12. The number of anilines is 1. The van der Waals surface area contributed by atoms with Crippen molar-refractivity contribution in [2.24, 2.45) is 0 Å². The summed E-state index contributed by atoms with van der Waals surface area (Å²) in [6.07, 6.45) is -0.441. The zero-order valence-electron chi connectivity index (χ0n) is 8.41. The number of carbonyl (C=O) groups excluding carboxylic acids is 1. The van der Waals surface area contributed by atoms with E-state index in [4.69, 9.17) is 4.74 Å². The number of aromatic amines is 1. The lowest BCUT2D eigenvalue weighted by Crippen LogP contribution is -2.13. The number of amides is 1. The standard InChI is InChI=1S/C11H12N2O2/c1-2-15-11(14)13-10-7-8-5-3-4-6-9(8)12-10/h3-7,12H,2H2,1H3,(H,13,14). The summed E-state index contributed by atoms with van der Waals surface area (Å²) in [5, 5.41) is 3.68. The third kappa shape index (κ3) is 2.10. The highest BCUT2D eigenvalue weighted by atomic mass is 16.5. The molecule has 78 valence electrons. The molecule has 0 atom stereocenters. The van der Waals surface area contributed by atoms with Gasteiger partial charge in [-0.3, -0.25) is 5.32 Å². The average molecular weight is 204 g/mol. The van der Waals surface area contributed by atoms with Crippen LogP contribution >= 0.6 is 0 Å². The van der Waals surface area contributed by atoms with Gasteiger partial charge in [0.05, 0.1) is 6.61 Å². The van der Waals surface area contributed by atoms with Crippen LogP contribution in [0.3, 0.4) is 0 Å². The number of benzene rings is 1. The number of hydrogen-bond acceptors (Lipinski definition) is 2. The van der Waals surface area contributed by atoms with E-state index in [1.54, 1.807) is 6.92 Å². The molecule has 2 rings (SSSR count). The van der Waals surface area contributed by atoms with Gasteiger partial charge in [-0.1, -0.05) is 18.2 Å². The molecule has 0 aliphatic rings. The Morgan fingerprint density at radius 2 is 2.27 bits per heavy atom. The van der Waals surface area contributed by atoms with Crippen molar-refractivity contribution in [3.05, 3.63) is 30.3 Å². The Labute approximate surface area is 87.2 Å². The van der Waals surface area contributed by atoms with E-state index < -0.39 is 6.09 Å². The Kier molecular flexibility index (Phi) is 2.58. The number of rotatable bonds is 2. The van der Waals surface area contributed by atoms with Crippen LogP contribution in [-0.4, -0.2) is 17.7 Å². The number of hydrogen-bond donors (Lipinski definition) is 2. The molecule has 1 aromatic carbocycles. The zero-order chi connectivity index (χ0) is 10.7. The summed E-state index contributed by atoms with van der Waals surface area (Å²) in [5.74, 6) is 0.648. The van der Waals surface area contributed by atoms with E-state index in [0.29, 0.717) is 12.4 Å². The fraction of sp³-hybridized carbons (Fsp3) is 0.182. The van der Waals surface area contributed by atoms with Gasteiger partial charge in [0.25, 0.3) is 0 Å². The molecule has 0 aliphatic carbocycles. The highest BCUT2D eigenvalue weighted by molar-refractivity contribution is 5.90. The van der Waals surface area contributed by atoms with E-state index in [1.165, 1.54) is 0 Å². The van der Waals surface area contributed by atoms with Gasteiger partial charge in [0.2, 0.25) is 0 Å². The number of aromatic nitrogens is 1. The first-order chi connectivity index (χ1) is 7.29. The minimum atomic E-state index is -0.441. The molecule has 2 aromatic rings. The molecule has 4 nitrogen and oxygen atoms in total. The summed E-state index contributed by atoms with van der Waals surface area (Å²) < 4.78 is 4.77. The molecule has 0 fully saturated rings. The van der Waals surface area contributed by atoms with Crippen molar-refractivity contribution in [1.82, 2.24) is 4.98 Å². The molecule has 15 heavy (non-hydrogen) atoms. The molecule has 0 bridgehead atoms. The van der Waals surface area contributed by atoms with Crippen LogP contribution in [-0.2, 0) is 4.74 Å². The molecule has 1 aromatic heterocycles. The molecule has 0 radical (unpaired) electrons. The molecule has 0 aliphatic heterocycles. The van der Waals surface area contributed by atoms with Crippen LogP contribution in [0.25, 0.3) is 10.9 Å². The molecule has 1 amide bonds. The Hall–Kier alpha value is -1.97. The van der Waals surface area contributed by atoms with Gasteiger partial charge in [0, 0.05) is 10.9 Å². The quantitative estimate of drug-likeness (QED) is 0.790. The van der Waals surface area contributed by atoms with E-state index in [9.17, 15) is 4.79 Å².